The summed E-state index contributed by atoms with van der Waals surface area (Å²) in [6, 6.07) is 0. The third-order valence-corrected chi connectivity index (χ3v) is 3.83. The summed E-state index contributed by atoms with van der Waals surface area (Å²) in [4.78, 5) is 11.7. The fraction of sp³-hybridized carbons (Fsp3) is 0.941. The SMILES string of the molecule is CCCCCCCCCCCC(=O)OC1NC(C)(C)CO1. The maximum absolute atomic E-state index is 11.7. The Balaban J connectivity index is 1.90. The van der Waals surface area contributed by atoms with Crippen LogP contribution in [0.2, 0.25) is 0 Å². The first-order valence-electron chi connectivity index (χ1n) is 8.62. The molecule has 1 aliphatic rings. The molecular weight excluding hydrogens is 266 g/mol. The molecule has 21 heavy (non-hydrogen) atoms. The van der Waals surface area contributed by atoms with Gasteiger partial charge in [-0.1, -0.05) is 58.3 Å². The normalized spacial score (nSPS) is 20.6. The average Bonchev–Trinajstić information content (AvgIpc) is 2.76. The highest BCUT2D eigenvalue weighted by molar-refractivity contribution is 5.69. The molecule has 0 aliphatic carbocycles. The first kappa shape index (κ1) is 18.4. The lowest BCUT2D eigenvalue weighted by atomic mass is 10.1. The summed E-state index contributed by atoms with van der Waals surface area (Å²) in [5.41, 5.74) is -0.108. The van der Waals surface area contributed by atoms with Gasteiger partial charge in [0.25, 0.3) is 6.41 Å². The van der Waals surface area contributed by atoms with Crippen LogP contribution >= 0.6 is 0 Å². The van der Waals surface area contributed by atoms with Gasteiger partial charge in [0, 0.05) is 12.0 Å². The molecule has 0 aromatic rings. The van der Waals surface area contributed by atoms with Gasteiger partial charge in [-0.2, -0.15) is 0 Å². The van der Waals surface area contributed by atoms with Gasteiger partial charge in [0.1, 0.15) is 0 Å². The number of rotatable bonds is 11. The van der Waals surface area contributed by atoms with Gasteiger partial charge < -0.3 is 9.47 Å². The van der Waals surface area contributed by atoms with E-state index in [0.717, 1.165) is 12.8 Å². The van der Waals surface area contributed by atoms with Crippen LogP contribution in [-0.2, 0) is 14.3 Å². The molecule has 1 N–H and O–H groups in total. The highest BCUT2D eigenvalue weighted by atomic mass is 16.7. The molecule has 0 aromatic carbocycles. The van der Waals surface area contributed by atoms with Crippen molar-refractivity contribution in [1.29, 1.82) is 0 Å². The average molecular weight is 299 g/mol. The molecular formula is C17H33NO3. The first-order chi connectivity index (χ1) is 10.0. The number of nitrogens with one attached hydrogen (secondary N) is 1. The van der Waals surface area contributed by atoms with E-state index in [-0.39, 0.29) is 11.5 Å². The van der Waals surface area contributed by atoms with Gasteiger partial charge in [0.2, 0.25) is 0 Å². The predicted octanol–water partition coefficient (Wildman–Crippen LogP) is 4.13. The molecule has 1 rings (SSSR count). The zero-order valence-electron chi connectivity index (χ0n) is 14.1. The molecule has 4 heteroatoms. The first-order valence-corrected chi connectivity index (χ1v) is 8.62. The van der Waals surface area contributed by atoms with Crippen LogP contribution in [0.4, 0.5) is 0 Å². The number of esters is 1. The van der Waals surface area contributed by atoms with Gasteiger partial charge in [0.15, 0.2) is 0 Å². The maximum atomic E-state index is 11.7. The second-order valence-electron chi connectivity index (χ2n) is 6.74. The number of hydrogen-bond acceptors (Lipinski definition) is 4. The number of carbonyl (C=O) groups is 1. The van der Waals surface area contributed by atoms with Gasteiger partial charge in [0.05, 0.1) is 6.61 Å². The quantitative estimate of drug-likeness (QED) is 0.460. The molecule has 1 aliphatic heterocycles. The molecule has 1 unspecified atom stereocenters. The van der Waals surface area contributed by atoms with E-state index in [9.17, 15) is 4.79 Å². The Morgan fingerprint density at radius 2 is 1.67 bits per heavy atom. The van der Waals surface area contributed by atoms with E-state index in [1.165, 1.54) is 44.9 Å². The van der Waals surface area contributed by atoms with E-state index in [2.05, 4.69) is 12.2 Å². The van der Waals surface area contributed by atoms with E-state index in [1.807, 2.05) is 13.8 Å². The number of unbranched alkanes of at least 4 members (excludes halogenated alkanes) is 8. The Morgan fingerprint density at radius 1 is 1.10 bits per heavy atom. The number of hydrogen-bond donors (Lipinski definition) is 1. The molecule has 0 radical (unpaired) electrons. The van der Waals surface area contributed by atoms with Crippen LogP contribution in [0.25, 0.3) is 0 Å². The van der Waals surface area contributed by atoms with Gasteiger partial charge in [-0.3, -0.25) is 10.1 Å². The van der Waals surface area contributed by atoms with Gasteiger partial charge in [-0.25, -0.2) is 0 Å². The van der Waals surface area contributed by atoms with E-state index in [0.29, 0.717) is 13.0 Å². The Morgan fingerprint density at radius 3 is 2.19 bits per heavy atom. The van der Waals surface area contributed by atoms with E-state index >= 15 is 0 Å². The molecule has 1 fully saturated rings. The summed E-state index contributed by atoms with van der Waals surface area (Å²) in [5.74, 6) is -0.159. The zero-order chi connectivity index (χ0) is 15.6. The van der Waals surface area contributed by atoms with Crippen molar-refractivity contribution in [3.63, 3.8) is 0 Å². The van der Waals surface area contributed by atoms with Gasteiger partial charge in [-0.05, 0) is 20.3 Å². The molecule has 0 bridgehead atoms. The van der Waals surface area contributed by atoms with Crippen LogP contribution in [0.15, 0.2) is 0 Å². The summed E-state index contributed by atoms with van der Waals surface area (Å²) in [6.45, 7) is 6.87. The Bertz CT molecular complexity index is 292. The monoisotopic (exact) mass is 299 g/mol. The Labute approximate surface area is 130 Å². The lowest BCUT2D eigenvalue weighted by Crippen LogP contribution is -2.40. The Hall–Kier alpha value is -0.610. The molecule has 124 valence electrons. The smallest absolute Gasteiger partial charge is 0.309 e. The van der Waals surface area contributed by atoms with E-state index < -0.39 is 6.41 Å². The molecule has 0 amide bonds. The van der Waals surface area contributed by atoms with Crippen LogP contribution < -0.4 is 5.32 Å². The van der Waals surface area contributed by atoms with Crippen molar-refractivity contribution in [1.82, 2.24) is 5.32 Å². The summed E-state index contributed by atoms with van der Waals surface area (Å²) in [7, 11) is 0. The van der Waals surface area contributed by atoms with Gasteiger partial charge in [-0.15, -0.1) is 0 Å². The van der Waals surface area contributed by atoms with Crippen molar-refractivity contribution in [3.05, 3.63) is 0 Å². The largest absolute Gasteiger partial charge is 0.421 e. The zero-order valence-corrected chi connectivity index (χ0v) is 14.1. The molecule has 1 atom stereocenters. The van der Waals surface area contributed by atoms with E-state index in [1.54, 1.807) is 0 Å². The van der Waals surface area contributed by atoms with E-state index in [4.69, 9.17) is 9.47 Å². The minimum atomic E-state index is -0.564. The van der Waals surface area contributed by atoms with Crippen molar-refractivity contribution < 1.29 is 14.3 Å². The summed E-state index contributed by atoms with van der Waals surface area (Å²) >= 11 is 0. The third-order valence-electron chi connectivity index (χ3n) is 3.83. The van der Waals surface area contributed by atoms with Crippen LogP contribution in [0.3, 0.4) is 0 Å². The molecule has 0 saturated carbocycles. The van der Waals surface area contributed by atoms with Crippen molar-refractivity contribution >= 4 is 5.97 Å². The third kappa shape index (κ3) is 9.10. The van der Waals surface area contributed by atoms with Gasteiger partial charge >= 0.3 is 5.97 Å². The highest BCUT2D eigenvalue weighted by Crippen LogP contribution is 2.16. The topological polar surface area (TPSA) is 47.6 Å². The van der Waals surface area contributed by atoms with Crippen molar-refractivity contribution in [3.8, 4) is 0 Å². The van der Waals surface area contributed by atoms with Crippen molar-refractivity contribution in [2.75, 3.05) is 6.61 Å². The summed E-state index contributed by atoms with van der Waals surface area (Å²) in [5, 5.41) is 3.13. The lowest BCUT2D eigenvalue weighted by Gasteiger charge is -2.16. The second kappa shape index (κ2) is 10.2. The number of carbonyl (C=O) groups excluding carboxylic acids is 1. The molecule has 1 saturated heterocycles. The minimum absolute atomic E-state index is 0.108. The fourth-order valence-electron chi connectivity index (χ4n) is 2.51. The maximum Gasteiger partial charge on any atom is 0.309 e. The Kier molecular flexibility index (Phi) is 8.93. The molecule has 0 aromatic heterocycles. The molecule has 0 spiro atoms. The molecule has 1 heterocycles. The van der Waals surface area contributed by atoms with Crippen LogP contribution in [0, 0.1) is 0 Å². The lowest BCUT2D eigenvalue weighted by molar-refractivity contribution is -0.173. The highest BCUT2D eigenvalue weighted by Gasteiger charge is 2.32. The van der Waals surface area contributed by atoms with Crippen molar-refractivity contribution in [2.45, 2.75) is 96.9 Å². The van der Waals surface area contributed by atoms with Crippen LogP contribution in [0.5, 0.6) is 0 Å². The molecule has 4 nitrogen and oxygen atoms in total. The van der Waals surface area contributed by atoms with Crippen molar-refractivity contribution in [2.24, 2.45) is 0 Å². The minimum Gasteiger partial charge on any atom is -0.421 e. The predicted molar refractivity (Wildman–Crippen MR) is 84.9 cm³/mol. The van der Waals surface area contributed by atoms with Crippen LogP contribution in [0.1, 0.15) is 85.0 Å². The van der Waals surface area contributed by atoms with Crippen LogP contribution in [-0.4, -0.2) is 24.5 Å². The summed E-state index contributed by atoms with van der Waals surface area (Å²) < 4.78 is 10.6. The second-order valence-corrected chi connectivity index (χ2v) is 6.74. The standard InChI is InChI=1S/C17H33NO3/c1-4-5-6-7-8-9-10-11-12-13-15(19)21-16-18-17(2,3)14-20-16/h16,18H,4-14H2,1-3H3. The summed E-state index contributed by atoms with van der Waals surface area (Å²) in [6.07, 6.45) is 11.2. The fourth-order valence-corrected chi connectivity index (χ4v) is 2.51. The number of ether oxygens (including phenoxy) is 2.